The predicted molar refractivity (Wildman–Crippen MR) is 79.8 cm³/mol. The first kappa shape index (κ1) is 16.9. The van der Waals surface area contributed by atoms with Gasteiger partial charge in [-0.25, -0.2) is 8.78 Å². The second-order valence-electron chi connectivity index (χ2n) is 5.17. The Balaban J connectivity index is 1.70. The Bertz CT molecular complexity index is 602. The quantitative estimate of drug-likeness (QED) is 0.620. The molecule has 0 heterocycles. The van der Waals surface area contributed by atoms with E-state index in [0.29, 0.717) is 6.07 Å². The van der Waals surface area contributed by atoms with Crippen LogP contribution >= 0.6 is 0 Å². The number of rotatable bonds is 6. The average molecular weight is 325 g/mol. The molecule has 1 aromatic carbocycles. The standard InChI is InChI=1S/C15H17F2N3O3/c16-10-5-6-13(12(17)7-10)20-14(21)8-18-23-9-15(22)19-11-3-1-2-4-11/h5-8,11H,1-4,9H2,(H,19,22)(H,20,21)/b18-8+. The van der Waals surface area contributed by atoms with E-state index in [0.717, 1.165) is 44.0 Å². The van der Waals surface area contributed by atoms with Gasteiger partial charge in [0.25, 0.3) is 11.8 Å². The summed E-state index contributed by atoms with van der Waals surface area (Å²) in [6, 6.07) is 2.93. The highest BCUT2D eigenvalue weighted by molar-refractivity contribution is 6.31. The monoisotopic (exact) mass is 325 g/mol. The molecule has 23 heavy (non-hydrogen) atoms. The summed E-state index contributed by atoms with van der Waals surface area (Å²) in [5.74, 6) is -2.71. The van der Waals surface area contributed by atoms with Crippen molar-refractivity contribution >= 4 is 23.7 Å². The minimum absolute atomic E-state index is 0.179. The van der Waals surface area contributed by atoms with Crippen molar-refractivity contribution in [2.45, 2.75) is 31.7 Å². The molecule has 1 aliphatic rings. The average Bonchev–Trinajstić information content (AvgIpc) is 2.99. The van der Waals surface area contributed by atoms with E-state index in [1.165, 1.54) is 0 Å². The van der Waals surface area contributed by atoms with Gasteiger partial charge < -0.3 is 15.5 Å². The number of carbonyl (C=O) groups is 2. The number of nitrogens with one attached hydrogen (secondary N) is 2. The summed E-state index contributed by atoms with van der Waals surface area (Å²) >= 11 is 0. The van der Waals surface area contributed by atoms with Crippen LogP contribution in [0.25, 0.3) is 0 Å². The van der Waals surface area contributed by atoms with Crippen molar-refractivity contribution in [1.29, 1.82) is 0 Å². The lowest BCUT2D eigenvalue weighted by Crippen LogP contribution is -2.35. The number of halogens is 2. The van der Waals surface area contributed by atoms with Crippen LogP contribution in [0.4, 0.5) is 14.5 Å². The number of benzene rings is 1. The maximum absolute atomic E-state index is 13.3. The molecule has 2 amide bonds. The molecule has 0 unspecified atom stereocenters. The van der Waals surface area contributed by atoms with Gasteiger partial charge in [-0.2, -0.15) is 0 Å². The number of carbonyl (C=O) groups excluding carboxylic acids is 2. The number of hydrogen-bond donors (Lipinski definition) is 2. The van der Waals surface area contributed by atoms with Crippen LogP contribution in [-0.4, -0.2) is 30.7 Å². The van der Waals surface area contributed by atoms with Crippen LogP contribution in [-0.2, 0) is 14.4 Å². The van der Waals surface area contributed by atoms with Gasteiger partial charge in [0.2, 0.25) is 0 Å². The second kappa shape index (κ2) is 8.21. The number of anilines is 1. The summed E-state index contributed by atoms with van der Waals surface area (Å²) in [7, 11) is 0. The van der Waals surface area contributed by atoms with Crippen molar-refractivity contribution in [3.63, 3.8) is 0 Å². The summed E-state index contributed by atoms with van der Waals surface area (Å²) < 4.78 is 26.0. The summed E-state index contributed by atoms with van der Waals surface area (Å²) in [6.45, 7) is -0.300. The predicted octanol–water partition coefficient (Wildman–Crippen LogP) is 1.96. The lowest BCUT2D eigenvalue weighted by Gasteiger charge is -2.10. The largest absolute Gasteiger partial charge is 0.386 e. The van der Waals surface area contributed by atoms with E-state index in [1.807, 2.05) is 0 Å². The Kier molecular flexibility index (Phi) is 6.02. The Morgan fingerprint density at radius 2 is 2.04 bits per heavy atom. The zero-order valence-corrected chi connectivity index (χ0v) is 12.4. The van der Waals surface area contributed by atoms with Gasteiger partial charge in [0.1, 0.15) is 17.8 Å². The Morgan fingerprint density at radius 3 is 2.74 bits per heavy atom. The lowest BCUT2D eigenvalue weighted by molar-refractivity contribution is -0.126. The number of hydrogen-bond acceptors (Lipinski definition) is 4. The van der Waals surface area contributed by atoms with E-state index in [4.69, 9.17) is 4.84 Å². The fraction of sp³-hybridized carbons (Fsp3) is 0.400. The van der Waals surface area contributed by atoms with Crippen molar-refractivity contribution in [3.05, 3.63) is 29.8 Å². The van der Waals surface area contributed by atoms with Gasteiger partial charge in [-0.3, -0.25) is 9.59 Å². The third-order valence-corrected chi connectivity index (χ3v) is 3.35. The number of oxime groups is 1. The van der Waals surface area contributed by atoms with Gasteiger partial charge in [-0.1, -0.05) is 18.0 Å². The zero-order valence-electron chi connectivity index (χ0n) is 12.4. The van der Waals surface area contributed by atoms with Crippen LogP contribution in [0.2, 0.25) is 0 Å². The molecule has 1 aliphatic carbocycles. The van der Waals surface area contributed by atoms with Crippen molar-refractivity contribution in [3.8, 4) is 0 Å². The number of amides is 2. The van der Waals surface area contributed by atoms with Crippen LogP contribution in [0.1, 0.15) is 25.7 Å². The van der Waals surface area contributed by atoms with Crippen LogP contribution in [0.5, 0.6) is 0 Å². The maximum atomic E-state index is 13.3. The molecule has 2 N–H and O–H groups in total. The van der Waals surface area contributed by atoms with E-state index in [1.54, 1.807) is 0 Å². The Labute approximate surface area is 131 Å². The van der Waals surface area contributed by atoms with Gasteiger partial charge in [-0.05, 0) is 25.0 Å². The lowest BCUT2D eigenvalue weighted by atomic mass is 10.2. The Hall–Kier alpha value is -2.51. The molecule has 0 atom stereocenters. The molecule has 1 saturated carbocycles. The van der Waals surface area contributed by atoms with Crippen LogP contribution in [0, 0.1) is 11.6 Å². The van der Waals surface area contributed by atoms with Crippen molar-refractivity contribution in [2.75, 3.05) is 11.9 Å². The third kappa shape index (κ3) is 5.65. The highest BCUT2D eigenvalue weighted by Crippen LogP contribution is 2.17. The van der Waals surface area contributed by atoms with Gasteiger partial charge >= 0.3 is 0 Å². The van der Waals surface area contributed by atoms with Gasteiger partial charge in [-0.15, -0.1) is 0 Å². The molecule has 0 bridgehead atoms. The molecule has 0 radical (unpaired) electrons. The molecule has 8 heteroatoms. The van der Waals surface area contributed by atoms with Crippen LogP contribution < -0.4 is 10.6 Å². The molecule has 0 aliphatic heterocycles. The van der Waals surface area contributed by atoms with Crippen molar-refractivity contribution in [2.24, 2.45) is 5.16 Å². The van der Waals surface area contributed by atoms with Crippen LogP contribution in [0.3, 0.4) is 0 Å². The molecule has 0 spiro atoms. The van der Waals surface area contributed by atoms with Crippen molar-refractivity contribution < 1.29 is 23.2 Å². The molecular formula is C15H17F2N3O3. The van der Waals surface area contributed by atoms with E-state index in [2.05, 4.69) is 15.8 Å². The maximum Gasteiger partial charge on any atom is 0.270 e. The summed E-state index contributed by atoms with van der Waals surface area (Å²) in [5.41, 5.74) is -0.179. The topological polar surface area (TPSA) is 79.8 Å². The minimum Gasteiger partial charge on any atom is -0.386 e. The normalized spacial score (nSPS) is 14.9. The molecule has 6 nitrogen and oxygen atoms in total. The molecule has 124 valence electrons. The minimum atomic E-state index is -0.899. The molecule has 1 aromatic rings. The highest BCUT2D eigenvalue weighted by Gasteiger charge is 2.17. The van der Waals surface area contributed by atoms with Gasteiger partial charge in [0.05, 0.1) is 5.69 Å². The number of nitrogens with zero attached hydrogens (tertiary/aromatic N) is 1. The first-order chi connectivity index (χ1) is 11.0. The smallest absolute Gasteiger partial charge is 0.270 e. The van der Waals surface area contributed by atoms with Crippen LogP contribution in [0.15, 0.2) is 23.4 Å². The van der Waals surface area contributed by atoms with E-state index in [-0.39, 0.29) is 24.2 Å². The second-order valence-corrected chi connectivity index (χ2v) is 5.17. The molecular weight excluding hydrogens is 308 g/mol. The Morgan fingerprint density at radius 1 is 1.30 bits per heavy atom. The van der Waals surface area contributed by atoms with E-state index >= 15 is 0 Å². The van der Waals surface area contributed by atoms with Gasteiger partial charge in [0.15, 0.2) is 6.61 Å². The van der Waals surface area contributed by atoms with E-state index in [9.17, 15) is 18.4 Å². The molecule has 0 saturated heterocycles. The third-order valence-electron chi connectivity index (χ3n) is 3.35. The first-order valence-corrected chi connectivity index (χ1v) is 7.25. The van der Waals surface area contributed by atoms with Gasteiger partial charge in [0, 0.05) is 12.1 Å². The fourth-order valence-electron chi connectivity index (χ4n) is 2.28. The molecule has 1 fully saturated rings. The summed E-state index contributed by atoms with van der Waals surface area (Å²) in [5, 5.41) is 8.30. The molecule has 0 aromatic heterocycles. The van der Waals surface area contributed by atoms with E-state index < -0.39 is 17.5 Å². The highest BCUT2D eigenvalue weighted by atomic mass is 19.1. The molecule has 2 rings (SSSR count). The fourth-order valence-corrected chi connectivity index (χ4v) is 2.28. The summed E-state index contributed by atoms with van der Waals surface area (Å²) in [4.78, 5) is 27.7. The SMILES string of the molecule is O=C(/C=N/OCC(=O)NC1CCCC1)Nc1ccc(F)cc1F. The van der Waals surface area contributed by atoms with Crippen molar-refractivity contribution in [1.82, 2.24) is 5.32 Å². The summed E-state index contributed by atoms with van der Waals surface area (Å²) in [6.07, 6.45) is 4.89. The first-order valence-electron chi connectivity index (χ1n) is 7.25. The zero-order chi connectivity index (χ0) is 16.7.